The highest BCUT2D eigenvalue weighted by Gasteiger charge is 2.12. The summed E-state index contributed by atoms with van der Waals surface area (Å²) in [6, 6.07) is 2.51. The zero-order valence-electron chi connectivity index (χ0n) is 10.1. The lowest BCUT2D eigenvalue weighted by Crippen LogP contribution is -2.13. The van der Waals surface area contributed by atoms with Gasteiger partial charge in [-0.25, -0.2) is 4.39 Å². The second-order valence-electron chi connectivity index (χ2n) is 3.94. The van der Waals surface area contributed by atoms with Gasteiger partial charge in [-0.05, 0) is 19.4 Å². The SMILES string of the molecule is CCc1c(C)[nH]c2c(OC)cc(F)cc2c1=O. The highest BCUT2D eigenvalue weighted by Crippen LogP contribution is 2.24. The lowest BCUT2D eigenvalue weighted by atomic mass is 10.1. The molecule has 1 aromatic carbocycles. The van der Waals surface area contributed by atoms with E-state index in [0.29, 0.717) is 28.6 Å². The standard InChI is InChI=1S/C13H14FNO2/c1-4-9-7(2)15-12-10(13(9)16)5-8(14)6-11(12)17-3/h5-6H,4H2,1-3H3,(H,15,16). The van der Waals surface area contributed by atoms with Crippen LogP contribution in [-0.2, 0) is 6.42 Å². The van der Waals surface area contributed by atoms with Gasteiger partial charge >= 0.3 is 0 Å². The molecule has 0 fully saturated rings. The van der Waals surface area contributed by atoms with Crippen LogP contribution in [0.15, 0.2) is 16.9 Å². The van der Waals surface area contributed by atoms with Gasteiger partial charge in [0.1, 0.15) is 11.6 Å². The van der Waals surface area contributed by atoms with E-state index in [0.717, 1.165) is 5.69 Å². The number of H-pyrrole nitrogens is 1. The summed E-state index contributed by atoms with van der Waals surface area (Å²) >= 11 is 0. The van der Waals surface area contributed by atoms with Crippen molar-refractivity contribution in [3.05, 3.63) is 39.4 Å². The molecular weight excluding hydrogens is 221 g/mol. The van der Waals surface area contributed by atoms with Crippen molar-refractivity contribution < 1.29 is 9.13 Å². The number of aromatic amines is 1. The maximum absolute atomic E-state index is 13.4. The Kier molecular flexibility index (Phi) is 2.88. The minimum atomic E-state index is -0.467. The number of aryl methyl sites for hydroxylation is 1. The summed E-state index contributed by atoms with van der Waals surface area (Å²) in [6.45, 7) is 3.74. The number of benzene rings is 1. The number of pyridine rings is 1. The summed E-state index contributed by atoms with van der Waals surface area (Å²) in [6.07, 6.45) is 0.621. The van der Waals surface area contributed by atoms with Crippen molar-refractivity contribution >= 4 is 10.9 Å². The largest absolute Gasteiger partial charge is 0.494 e. The number of fused-ring (bicyclic) bond motifs is 1. The smallest absolute Gasteiger partial charge is 0.193 e. The zero-order chi connectivity index (χ0) is 12.6. The number of methoxy groups -OCH3 is 1. The molecule has 2 rings (SSSR count). The normalized spacial score (nSPS) is 10.8. The third kappa shape index (κ3) is 1.79. The van der Waals surface area contributed by atoms with Crippen LogP contribution in [0, 0.1) is 12.7 Å². The van der Waals surface area contributed by atoms with Crippen molar-refractivity contribution in [3.8, 4) is 5.75 Å². The third-order valence-electron chi connectivity index (χ3n) is 2.92. The first-order valence-corrected chi connectivity index (χ1v) is 5.47. The molecule has 2 aromatic rings. The fraction of sp³-hybridized carbons (Fsp3) is 0.308. The molecule has 1 heterocycles. The predicted octanol–water partition coefficient (Wildman–Crippen LogP) is 2.55. The van der Waals surface area contributed by atoms with Gasteiger partial charge < -0.3 is 9.72 Å². The molecule has 1 N–H and O–H groups in total. The van der Waals surface area contributed by atoms with E-state index in [4.69, 9.17) is 4.74 Å². The molecule has 17 heavy (non-hydrogen) atoms. The van der Waals surface area contributed by atoms with E-state index in [9.17, 15) is 9.18 Å². The Hall–Kier alpha value is -1.84. The van der Waals surface area contributed by atoms with Gasteiger partial charge in [0, 0.05) is 17.3 Å². The van der Waals surface area contributed by atoms with Crippen LogP contribution in [0.25, 0.3) is 10.9 Å². The second kappa shape index (κ2) is 4.20. The van der Waals surface area contributed by atoms with Crippen molar-refractivity contribution in [1.82, 2.24) is 4.98 Å². The lowest BCUT2D eigenvalue weighted by Gasteiger charge is -2.09. The minimum absolute atomic E-state index is 0.128. The molecule has 0 aliphatic rings. The highest BCUT2D eigenvalue weighted by molar-refractivity contribution is 5.85. The quantitative estimate of drug-likeness (QED) is 0.869. The molecule has 90 valence electrons. The first kappa shape index (κ1) is 11.6. The maximum Gasteiger partial charge on any atom is 0.193 e. The number of ether oxygens (including phenoxy) is 1. The molecule has 0 bridgehead atoms. The van der Waals surface area contributed by atoms with Crippen LogP contribution >= 0.6 is 0 Å². The third-order valence-corrected chi connectivity index (χ3v) is 2.92. The van der Waals surface area contributed by atoms with Crippen molar-refractivity contribution in [1.29, 1.82) is 0 Å². The average Bonchev–Trinajstić information content (AvgIpc) is 2.30. The molecule has 0 atom stereocenters. The second-order valence-corrected chi connectivity index (χ2v) is 3.94. The van der Waals surface area contributed by atoms with Crippen molar-refractivity contribution in [2.45, 2.75) is 20.3 Å². The average molecular weight is 235 g/mol. The Morgan fingerprint density at radius 1 is 1.41 bits per heavy atom. The molecule has 0 saturated heterocycles. The van der Waals surface area contributed by atoms with E-state index >= 15 is 0 Å². The van der Waals surface area contributed by atoms with Gasteiger partial charge in [0.2, 0.25) is 0 Å². The molecule has 3 nitrogen and oxygen atoms in total. The van der Waals surface area contributed by atoms with E-state index in [1.165, 1.54) is 19.2 Å². The fourth-order valence-electron chi connectivity index (χ4n) is 2.07. The van der Waals surface area contributed by atoms with Crippen molar-refractivity contribution in [2.75, 3.05) is 7.11 Å². The van der Waals surface area contributed by atoms with Gasteiger partial charge in [-0.3, -0.25) is 4.79 Å². The number of aromatic nitrogens is 1. The van der Waals surface area contributed by atoms with Crippen LogP contribution < -0.4 is 10.2 Å². The molecule has 1 aromatic heterocycles. The first-order chi connectivity index (χ1) is 8.08. The number of hydrogen-bond acceptors (Lipinski definition) is 2. The summed E-state index contributed by atoms with van der Waals surface area (Å²) in [5.74, 6) is -0.117. The van der Waals surface area contributed by atoms with Crippen LogP contribution in [-0.4, -0.2) is 12.1 Å². The summed E-state index contributed by atoms with van der Waals surface area (Å²) in [5, 5.41) is 0.337. The molecule has 0 aliphatic carbocycles. The van der Waals surface area contributed by atoms with Crippen LogP contribution in [0.3, 0.4) is 0 Å². The van der Waals surface area contributed by atoms with E-state index in [-0.39, 0.29) is 5.43 Å². The Morgan fingerprint density at radius 3 is 2.71 bits per heavy atom. The Labute approximate surface area is 98.2 Å². The molecule has 0 spiro atoms. The van der Waals surface area contributed by atoms with Gasteiger partial charge in [0.25, 0.3) is 0 Å². The predicted molar refractivity (Wildman–Crippen MR) is 65.2 cm³/mol. The summed E-state index contributed by atoms with van der Waals surface area (Å²) < 4.78 is 18.4. The molecular formula is C13H14FNO2. The van der Waals surface area contributed by atoms with E-state index < -0.39 is 5.82 Å². The molecule has 0 aliphatic heterocycles. The summed E-state index contributed by atoms with van der Waals surface area (Å²) in [5.41, 5.74) is 1.91. The number of rotatable bonds is 2. The van der Waals surface area contributed by atoms with Gasteiger partial charge in [-0.15, -0.1) is 0 Å². The Bertz CT molecular complexity index is 631. The van der Waals surface area contributed by atoms with Gasteiger partial charge in [0.05, 0.1) is 18.0 Å². The molecule has 0 amide bonds. The van der Waals surface area contributed by atoms with Gasteiger partial charge in [-0.2, -0.15) is 0 Å². The van der Waals surface area contributed by atoms with Gasteiger partial charge in [-0.1, -0.05) is 6.92 Å². The molecule has 4 heteroatoms. The van der Waals surface area contributed by atoms with Crippen LogP contribution in [0.1, 0.15) is 18.2 Å². The van der Waals surface area contributed by atoms with E-state index in [1.54, 1.807) is 0 Å². The zero-order valence-corrected chi connectivity index (χ0v) is 10.1. The van der Waals surface area contributed by atoms with Crippen LogP contribution in [0.2, 0.25) is 0 Å². The van der Waals surface area contributed by atoms with Gasteiger partial charge in [0.15, 0.2) is 5.43 Å². The Morgan fingerprint density at radius 2 is 2.12 bits per heavy atom. The van der Waals surface area contributed by atoms with Crippen molar-refractivity contribution in [3.63, 3.8) is 0 Å². The number of nitrogens with one attached hydrogen (secondary N) is 1. The lowest BCUT2D eigenvalue weighted by molar-refractivity contribution is 0.415. The van der Waals surface area contributed by atoms with E-state index in [2.05, 4.69) is 4.98 Å². The maximum atomic E-state index is 13.4. The topological polar surface area (TPSA) is 42.1 Å². The number of hydrogen-bond donors (Lipinski definition) is 1. The monoisotopic (exact) mass is 235 g/mol. The van der Waals surface area contributed by atoms with E-state index in [1.807, 2.05) is 13.8 Å². The summed E-state index contributed by atoms with van der Waals surface area (Å²) in [7, 11) is 1.45. The minimum Gasteiger partial charge on any atom is -0.494 e. The summed E-state index contributed by atoms with van der Waals surface area (Å²) in [4.78, 5) is 15.3. The highest BCUT2D eigenvalue weighted by atomic mass is 19.1. The van der Waals surface area contributed by atoms with Crippen LogP contribution in [0.5, 0.6) is 5.75 Å². The first-order valence-electron chi connectivity index (χ1n) is 5.47. The molecule has 0 unspecified atom stereocenters. The molecule has 0 saturated carbocycles. The number of halogens is 1. The Balaban J connectivity index is 2.96. The van der Waals surface area contributed by atoms with Crippen LogP contribution in [0.4, 0.5) is 4.39 Å². The molecule has 0 radical (unpaired) electrons. The van der Waals surface area contributed by atoms with Crippen molar-refractivity contribution in [2.24, 2.45) is 0 Å². The fourth-order valence-corrected chi connectivity index (χ4v) is 2.07.